The van der Waals surface area contributed by atoms with Crippen molar-refractivity contribution in [2.75, 3.05) is 7.11 Å². The highest BCUT2D eigenvalue weighted by atomic mass is 16.5. The van der Waals surface area contributed by atoms with E-state index in [4.69, 9.17) is 4.74 Å². The minimum absolute atomic E-state index is 0.204. The molecule has 1 heterocycles. The van der Waals surface area contributed by atoms with E-state index in [2.05, 4.69) is 42.7 Å². The van der Waals surface area contributed by atoms with Gasteiger partial charge in [0.15, 0.2) is 0 Å². The molecule has 0 aliphatic rings. The van der Waals surface area contributed by atoms with Crippen LogP contribution in [-0.2, 0) is 11.3 Å². The van der Waals surface area contributed by atoms with Crippen LogP contribution in [0.3, 0.4) is 0 Å². The molecule has 0 aliphatic heterocycles. The van der Waals surface area contributed by atoms with Crippen LogP contribution in [-0.4, -0.2) is 17.6 Å². The molecule has 0 saturated carbocycles. The van der Waals surface area contributed by atoms with Crippen LogP contribution in [0.4, 0.5) is 0 Å². The minimum atomic E-state index is -0.285. The van der Waals surface area contributed by atoms with E-state index in [-0.39, 0.29) is 11.9 Å². The van der Waals surface area contributed by atoms with Crippen molar-refractivity contribution in [3.63, 3.8) is 0 Å². The second kappa shape index (κ2) is 7.39. The summed E-state index contributed by atoms with van der Waals surface area (Å²) in [6.07, 6.45) is 0. The fourth-order valence-corrected chi connectivity index (χ4v) is 3.24. The Morgan fingerprint density at radius 1 is 1.00 bits per heavy atom. The maximum Gasteiger partial charge on any atom is 0.339 e. The second-order valence-corrected chi connectivity index (χ2v) is 6.41. The van der Waals surface area contributed by atoms with Crippen molar-refractivity contribution in [3.05, 3.63) is 83.6 Å². The molecular weight excluding hydrogens is 310 g/mol. The van der Waals surface area contributed by atoms with Crippen LogP contribution in [0.1, 0.15) is 41.4 Å². The van der Waals surface area contributed by atoms with Crippen molar-refractivity contribution in [3.8, 4) is 11.3 Å². The lowest BCUT2D eigenvalue weighted by atomic mass is 10.1. The van der Waals surface area contributed by atoms with Gasteiger partial charge in [-0.3, -0.25) is 0 Å². The fraction of sp³-hybridized carbons (Fsp3) is 0.227. The number of ether oxygens (including phenoxy) is 1. The van der Waals surface area contributed by atoms with E-state index in [0.29, 0.717) is 5.56 Å². The Kier molecular flexibility index (Phi) is 5.03. The molecule has 0 N–H and O–H groups in total. The fourth-order valence-electron chi connectivity index (χ4n) is 3.24. The lowest BCUT2D eigenvalue weighted by molar-refractivity contribution is 0.0599. The van der Waals surface area contributed by atoms with Crippen LogP contribution in [0.25, 0.3) is 11.3 Å². The average molecular weight is 333 g/mol. The van der Waals surface area contributed by atoms with Gasteiger partial charge in [0.2, 0.25) is 0 Å². The normalized spacial score (nSPS) is 10.9. The van der Waals surface area contributed by atoms with Gasteiger partial charge in [-0.25, -0.2) is 4.79 Å². The molecule has 1 aromatic heterocycles. The van der Waals surface area contributed by atoms with Gasteiger partial charge >= 0.3 is 5.97 Å². The second-order valence-electron chi connectivity index (χ2n) is 6.41. The number of hydrogen-bond acceptors (Lipinski definition) is 2. The molecule has 0 bridgehead atoms. The molecule has 2 aromatic carbocycles. The first kappa shape index (κ1) is 17.0. The summed E-state index contributed by atoms with van der Waals surface area (Å²) in [5.41, 5.74) is 4.99. The Bertz CT molecular complexity index is 848. The molecule has 0 spiro atoms. The Hall–Kier alpha value is -2.81. The van der Waals surface area contributed by atoms with Crippen LogP contribution in [0.2, 0.25) is 0 Å². The smallest absolute Gasteiger partial charge is 0.339 e. The number of rotatable bonds is 5. The maximum atomic E-state index is 12.4. The quantitative estimate of drug-likeness (QED) is 0.607. The summed E-state index contributed by atoms with van der Waals surface area (Å²) in [5.74, 6) is -0.0806. The molecule has 0 saturated heterocycles. The molecule has 128 valence electrons. The maximum absolute atomic E-state index is 12.4. The molecular formula is C22H23NO2. The van der Waals surface area contributed by atoms with Crippen molar-refractivity contribution in [1.82, 2.24) is 4.57 Å². The molecule has 3 nitrogen and oxygen atoms in total. The molecule has 3 rings (SSSR count). The van der Waals surface area contributed by atoms with Crippen molar-refractivity contribution in [1.29, 1.82) is 0 Å². The highest BCUT2D eigenvalue weighted by molar-refractivity contribution is 5.93. The Labute approximate surface area is 148 Å². The van der Waals surface area contributed by atoms with E-state index in [0.717, 1.165) is 23.5 Å². The summed E-state index contributed by atoms with van der Waals surface area (Å²) in [6.45, 7) is 4.94. The molecule has 0 radical (unpaired) electrons. The van der Waals surface area contributed by atoms with E-state index >= 15 is 0 Å². The summed E-state index contributed by atoms with van der Waals surface area (Å²) < 4.78 is 7.27. The number of aromatic nitrogens is 1. The van der Waals surface area contributed by atoms with Crippen LogP contribution in [0, 0.1) is 0 Å². The summed E-state index contributed by atoms with van der Waals surface area (Å²) in [6, 6.07) is 22.4. The third kappa shape index (κ3) is 3.50. The third-order valence-corrected chi connectivity index (χ3v) is 4.34. The van der Waals surface area contributed by atoms with E-state index in [1.165, 1.54) is 12.7 Å². The highest BCUT2D eigenvalue weighted by Gasteiger charge is 2.23. The summed E-state index contributed by atoms with van der Waals surface area (Å²) in [5, 5.41) is 0. The van der Waals surface area contributed by atoms with Crippen LogP contribution in [0.15, 0.2) is 66.7 Å². The molecule has 3 heteroatoms. The van der Waals surface area contributed by atoms with Crippen molar-refractivity contribution < 1.29 is 9.53 Å². The van der Waals surface area contributed by atoms with Gasteiger partial charge in [-0.1, -0.05) is 74.5 Å². The standard InChI is InChI=1S/C22H23NO2/c1-16(2)21-19(22(24)25-3)14-20(18-12-8-5-9-13-18)23(21)15-17-10-6-4-7-11-17/h4-14,16H,15H2,1-3H3. The van der Waals surface area contributed by atoms with Gasteiger partial charge in [-0.2, -0.15) is 0 Å². The average Bonchev–Trinajstić information content (AvgIpc) is 3.02. The first-order valence-corrected chi connectivity index (χ1v) is 8.53. The van der Waals surface area contributed by atoms with Gasteiger partial charge in [0.25, 0.3) is 0 Å². The Balaban J connectivity index is 2.20. The van der Waals surface area contributed by atoms with Crippen molar-refractivity contribution >= 4 is 5.97 Å². The van der Waals surface area contributed by atoms with Crippen molar-refractivity contribution in [2.24, 2.45) is 0 Å². The number of nitrogens with zero attached hydrogens (tertiary/aromatic N) is 1. The molecule has 3 aromatic rings. The van der Waals surface area contributed by atoms with Gasteiger partial charge < -0.3 is 9.30 Å². The van der Waals surface area contributed by atoms with E-state index in [1.807, 2.05) is 42.5 Å². The predicted molar refractivity (Wildman–Crippen MR) is 101 cm³/mol. The number of carbonyl (C=O) groups is 1. The molecule has 0 atom stereocenters. The van der Waals surface area contributed by atoms with E-state index in [9.17, 15) is 4.79 Å². The van der Waals surface area contributed by atoms with E-state index in [1.54, 1.807) is 0 Å². The number of hydrogen-bond donors (Lipinski definition) is 0. The summed E-state index contributed by atoms with van der Waals surface area (Å²) in [4.78, 5) is 12.4. The number of esters is 1. The largest absolute Gasteiger partial charge is 0.465 e. The van der Waals surface area contributed by atoms with Crippen molar-refractivity contribution in [2.45, 2.75) is 26.3 Å². The van der Waals surface area contributed by atoms with Gasteiger partial charge in [0, 0.05) is 17.9 Å². The molecule has 0 unspecified atom stereocenters. The molecule has 0 amide bonds. The van der Waals surface area contributed by atoms with Gasteiger partial charge in [0.05, 0.1) is 12.7 Å². The third-order valence-electron chi connectivity index (χ3n) is 4.34. The molecule has 25 heavy (non-hydrogen) atoms. The molecule has 0 aliphatic carbocycles. The minimum Gasteiger partial charge on any atom is -0.465 e. The number of benzene rings is 2. The van der Waals surface area contributed by atoms with Gasteiger partial charge in [-0.05, 0) is 23.1 Å². The van der Waals surface area contributed by atoms with Gasteiger partial charge in [-0.15, -0.1) is 0 Å². The topological polar surface area (TPSA) is 31.2 Å². The number of carbonyl (C=O) groups excluding carboxylic acids is 1. The zero-order chi connectivity index (χ0) is 17.8. The summed E-state index contributed by atoms with van der Waals surface area (Å²) in [7, 11) is 1.43. The zero-order valence-electron chi connectivity index (χ0n) is 14.9. The predicted octanol–water partition coefficient (Wildman–Crippen LogP) is 5.11. The SMILES string of the molecule is COC(=O)c1cc(-c2ccccc2)n(Cc2ccccc2)c1C(C)C. The van der Waals surface area contributed by atoms with Crippen LogP contribution >= 0.6 is 0 Å². The van der Waals surface area contributed by atoms with Gasteiger partial charge in [0.1, 0.15) is 0 Å². The monoisotopic (exact) mass is 333 g/mol. The lowest BCUT2D eigenvalue weighted by Gasteiger charge is -2.17. The van der Waals surface area contributed by atoms with E-state index < -0.39 is 0 Å². The number of methoxy groups -OCH3 is 1. The first-order valence-electron chi connectivity index (χ1n) is 8.53. The Morgan fingerprint density at radius 3 is 2.16 bits per heavy atom. The Morgan fingerprint density at radius 2 is 1.60 bits per heavy atom. The zero-order valence-corrected chi connectivity index (χ0v) is 14.9. The lowest BCUT2D eigenvalue weighted by Crippen LogP contribution is -2.11. The highest BCUT2D eigenvalue weighted by Crippen LogP contribution is 2.32. The molecule has 0 fully saturated rings. The van der Waals surface area contributed by atoms with Crippen LogP contribution in [0.5, 0.6) is 0 Å². The summed E-state index contributed by atoms with van der Waals surface area (Å²) >= 11 is 0. The first-order chi connectivity index (χ1) is 12.1. The van der Waals surface area contributed by atoms with Crippen LogP contribution < -0.4 is 0 Å².